The van der Waals surface area contributed by atoms with E-state index in [1.807, 2.05) is 6.92 Å². The van der Waals surface area contributed by atoms with E-state index in [4.69, 9.17) is 23.1 Å². The van der Waals surface area contributed by atoms with Gasteiger partial charge in [-0.3, -0.25) is 0 Å². The molecular formula is C12H18ClFN2. The van der Waals surface area contributed by atoms with Crippen LogP contribution in [0, 0.1) is 12.7 Å². The summed E-state index contributed by atoms with van der Waals surface area (Å²) < 4.78 is 13.6. The van der Waals surface area contributed by atoms with Gasteiger partial charge in [0, 0.05) is 11.6 Å². The quantitative estimate of drug-likeness (QED) is 0.783. The van der Waals surface area contributed by atoms with E-state index < -0.39 is 0 Å². The molecule has 0 aliphatic carbocycles. The first kappa shape index (κ1) is 13.4. The summed E-state index contributed by atoms with van der Waals surface area (Å²) in [7, 11) is 0. The Morgan fingerprint density at radius 2 is 2.06 bits per heavy atom. The highest BCUT2D eigenvalue weighted by Crippen LogP contribution is 2.30. The molecule has 1 rings (SSSR count). The second-order valence-electron chi connectivity index (χ2n) is 3.98. The molecule has 1 aromatic rings. The molecule has 0 aromatic heterocycles. The molecular weight excluding hydrogens is 227 g/mol. The van der Waals surface area contributed by atoms with E-state index in [2.05, 4.69) is 0 Å². The van der Waals surface area contributed by atoms with Gasteiger partial charge in [0.05, 0.1) is 5.02 Å². The van der Waals surface area contributed by atoms with Gasteiger partial charge >= 0.3 is 0 Å². The number of rotatable bonds is 5. The lowest BCUT2D eigenvalue weighted by Crippen LogP contribution is -2.14. The van der Waals surface area contributed by atoms with Crippen LogP contribution >= 0.6 is 11.6 Å². The average Bonchev–Trinajstić information content (AvgIpc) is 2.24. The zero-order valence-electron chi connectivity index (χ0n) is 9.47. The van der Waals surface area contributed by atoms with Crippen molar-refractivity contribution in [2.45, 2.75) is 32.2 Å². The van der Waals surface area contributed by atoms with Crippen molar-refractivity contribution in [2.24, 2.45) is 11.5 Å². The fourth-order valence-electron chi connectivity index (χ4n) is 1.67. The van der Waals surface area contributed by atoms with Crippen molar-refractivity contribution in [3.63, 3.8) is 0 Å². The molecule has 16 heavy (non-hydrogen) atoms. The number of unbranched alkanes of at least 4 members (excludes halogenated alkanes) is 1. The number of hydrogen-bond donors (Lipinski definition) is 2. The van der Waals surface area contributed by atoms with Gasteiger partial charge < -0.3 is 11.5 Å². The predicted octanol–water partition coefficient (Wildman–Crippen LogP) is 2.92. The number of aryl methyl sites for hydroxylation is 1. The topological polar surface area (TPSA) is 52.0 Å². The highest BCUT2D eigenvalue weighted by molar-refractivity contribution is 6.32. The van der Waals surface area contributed by atoms with Gasteiger partial charge in [-0.25, -0.2) is 4.39 Å². The maximum absolute atomic E-state index is 13.6. The van der Waals surface area contributed by atoms with E-state index in [-0.39, 0.29) is 11.9 Å². The first-order valence-corrected chi connectivity index (χ1v) is 5.86. The second kappa shape index (κ2) is 6.18. The van der Waals surface area contributed by atoms with Crippen LogP contribution in [0.25, 0.3) is 0 Å². The summed E-state index contributed by atoms with van der Waals surface area (Å²) in [5.41, 5.74) is 12.6. The van der Waals surface area contributed by atoms with Crippen molar-refractivity contribution in [2.75, 3.05) is 6.54 Å². The van der Waals surface area contributed by atoms with Crippen LogP contribution in [0.5, 0.6) is 0 Å². The third kappa shape index (κ3) is 3.17. The Balaban J connectivity index is 2.81. The van der Waals surface area contributed by atoms with Crippen LogP contribution in [0.15, 0.2) is 12.1 Å². The number of hydrogen-bond acceptors (Lipinski definition) is 2. The smallest absolute Gasteiger partial charge is 0.129 e. The number of benzene rings is 1. The Hall–Kier alpha value is -0.640. The summed E-state index contributed by atoms with van der Waals surface area (Å²) in [5, 5.41) is 0.445. The Bertz CT molecular complexity index is 355. The second-order valence-corrected chi connectivity index (χ2v) is 4.36. The van der Waals surface area contributed by atoms with E-state index in [1.165, 1.54) is 6.07 Å². The monoisotopic (exact) mass is 244 g/mol. The molecule has 0 saturated heterocycles. The van der Waals surface area contributed by atoms with Gasteiger partial charge in [0.15, 0.2) is 0 Å². The van der Waals surface area contributed by atoms with Crippen molar-refractivity contribution in [3.05, 3.63) is 34.1 Å². The summed E-state index contributed by atoms with van der Waals surface area (Å²) in [4.78, 5) is 0. The molecule has 0 spiro atoms. The standard InChI is InChI=1S/C12H18ClFN2/c1-8-5-6-9(14)11(12(8)13)10(16)4-2-3-7-15/h5-6,10H,2-4,7,15-16H2,1H3/t10-/m1/s1. The van der Waals surface area contributed by atoms with Gasteiger partial charge in [0.2, 0.25) is 0 Å². The van der Waals surface area contributed by atoms with E-state index in [9.17, 15) is 4.39 Å². The fourth-order valence-corrected chi connectivity index (χ4v) is 1.96. The van der Waals surface area contributed by atoms with Gasteiger partial charge in [0.25, 0.3) is 0 Å². The van der Waals surface area contributed by atoms with Crippen LogP contribution < -0.4 is 11.5 Å². The molecule has 90 valence electrons. The summed E-state index contributed by atoms with van der Waals surface area (Å²) in [6.07, 6.45) is 2.50. The zero-order chi connectivity index (χ0) is 12.1. The van der Waals surface area contributed by atoms with Crippen LogP contribution in [-0.2, 0) is 0 Å². The molecule has 4 heteroatoms. The summed E-state index contributed by atoms with van der Waals surface area (Å²) in [6.45, 7) is 2.48. The van der Waals surface area contributed by atoms with Gasteiger partial charge in [-0.2, -0.15) is 0 Å². The first-order valence-electron chi connectivity index (χ1n) is 5.48. The maximum atomic E-state index is 13.6. The lowest BCUT2D eigenvalue weighted by atomic mass is 9.99. The summed E-state index contributed by atoms with van der Waals surface area (Å²) in [5.74, 6) is -0.323. The van der Waals surface area contributed by atoms with Gasteiger partial charge in [-0.05, 0) is 37.9 Å². The SMILES string of the molecule is Cc1ccc(F)c([C@H](N)CCCCN)c1Cl. The van der Waals surface area contributed by atoms with Crippen molar-refractivity contribution in [1.82, 2.24) is 0 Å². The molecule has 4 N–H and O–H groups in total. The minimum absolute atomic E-state index is 0.323. The average molecular weight is 245 g/mol. The predicted molar refractivity (Wildman–Crippen MR) is 66.0 cm³/mol. The van der Waals surface area contributed by atoms with Crippen LogP contribution in [0.3, 0.4) is 0 Å². The maximum Gasteiger partial charge on any atom is 0.129 e. The largest absolute Gasteiger partial charge is 0.330 e. The highest BCUT2D eigenvalue weighted by atomic mass is 35.5. The van der Waals surface area contributed by atoms with E-state index >= 15 is 0 Å². The first-order chi connectivity index (χ1) is 7.57. The summed E-state index contributed by atoms with van der Waals surface area (Å²) in [6, 6.07) is 2.73. The third-order valence-electron chi connectivity index (χ3n) is 2.66. The Morgan fingerprint density at radius 1 is 1.38 bits per heavy atom. The van der Waals surface area contributed by atoms with Crippen LogP contribution in [0.4, 0.5) is 4.39 Å². The molecule has 1 atom stereocenters. The van der Waals surface area contributed by atoms with E-state index in [0.717, 1.165) is 18.4 Å². The lowest BCUT2D eigenvalue weighted by Gasteiger charge is -2.15. The molecule has 2 nitrogen and oxygen atoms in total. The Labute approximate surface area is 101 Å². The van der Waals surface area contributed by atoms with Crippen LogP contribution in [-0.4, -0.2) is 6.54 Å². The highest BCUT2D eigenvalue weighted by Gasteiger charge is 2.16. The Morgan fingerprint density at radius 3 is 2.69 bits per heavy atom. The van der Waals surface area contributed by atoms with Crippen LogP contribution in [0.1, 0.15) is 36.4 Å². The van der Waals surface area contributed by atoms with Crippen molar-refractivity contribution in [3.8, 4) is 0 Å². The molecule has 0 unspecified atom stereocenters. The molecule has 0 aliphatic heterocycles. The van der Waals surface area contributed by atoms with E-state index in [0.29, 0.717) is 23.6 Å². The fraction of sp³-hybridized carbons (Fsp3) is 0.500. The van der Waals surface area contributed by atoms with Crippen molar-refractivity contribution in [1.29, 1.82) is 0 Å². The van der Waals surface area contributed by atoms with E-state index in [1.54, 1.807) is 6.07 Å². The van der Waals surface area contributed by atoms with Crippen molar-refractivity contribution < 1.29 is 4.39 Å². The zero-order valence-corrected chi connectivity index (χ0v) is 10.2. The third-order valence-corrected chi connectivity index (χ3v) is 3.16. The molecule has 0 fully saturated rings. The molecule has 0 amide bonds. The number of halogens is 2. The van der Waals surface area contributed by atoms with Crippen LogP contribution in [0.2, 0.25) is 5.02 Å². The lowest BCUT2D eigenvalue weighted by molar-refractivity contribution is 0.543. The molecule has 0 aliphatic rings. The van der Waals surface area contributed by atoms with Gasteiger partial charge in [-0.15, -0.1) is 0 Å². The van der Waals surface area contributed by atoms with Crippen molar-refractivity contribution >= 4 is 11.6 Å². The summed E-state index contributed by atoms with van der Waals surface area (Å²) >= 11 is 6.06. The normalized spacial score (nSPS) is 12.8. The number of nitrogens with two attached hydrogens (primary N) is 2. The van der Waals surface area contributed by atoms with Gasteiger partial charge in [0.1, 0.15) is 5.82 Å². The molecule has 0 saturated carbocycles. The van der Waals surface area contributed by atoms with Gasteiger partial charge in [-0.1, -0.05) is 24.1 Å². The minimum atomic E-state index is -0.348. The molecule has 0 bridgehead atoms. The minimum Gasteiger partial charge on any atom is -0.330 e. The molecule has 0 heterocycles. The molecule has 0 radical (unpaired) electrons. The Kier molecular flexibility index (Phi) is 5.19. The molecule has 1 aromatic carbocycles.